The largest absolute Gasteiger partial charge is 0.298 e. The van der Waals surface area contributed by atoms with E-state index < -0.39 is 14.7 Å². The van der Waals surface area contributed by atoms with Crippen molar-refractivity contribution < 1.29 is 13.2 Å². The quantitative estimate of drug-likeness (QED) is 0.638. The van der Waals surface area contributed by atoms with Gasteiger partial charge in [0.25, 0.3) is 0 Å². The van der Waals surface area contributed by atoms with E-state index >= 15 is 0 Å². The lowest BCUT2D eigenvalue weighted by Crippen LogP contribution is -2.05. The molecule has 1 aromatic heterocycles. The maximum atomic E-state index is 12.3. The number of aldehydes is 1. The van der Waals surface area contributed by atoms with Gasteiger partial charge in [-0.25, -0.2) is 13.4 Å². The molecule has 0 radical (unpaired) electrons. The predicted octanol–water partition coefficient (Wildman–Crippen LogP) is 2.23. The van der Waals surface area contributed by atoms with Crippen LogP contribution in [-0.2, 0) is 9.84 Å². The van der Waals surface area contributed by atoms with Crippen LogP contribution >= 0.6 is 0 Å². The Labute approximate surface area is 122 Å². The van der Waals surface area contributed by atoms with Gasteiger partial charge in [0.2, 0.25) is 9.84 Å². The van der Waals surface area contributed by atoms with Crippen LogP contribution in [0.25, 0.3) is 6.08 Å². The zero-order valence-electron chi connectivity index (χ0n) is 10.8. The molecule has 0 fully saturated rings. The normalized spacial score (nSPS) is 11.7. The average molecular weight is 298 g/mol. The van der Waals surface area contributed by atoms with Crippen molar-refractivity contribution in [1.82, 2.24) is 4.98 Å². The van der Waals surface area contributed by atoms with Crippen molar-refractivity contribution in [2.45, 2.75) is 5.03 Å². The number of rotatable bonds is 4. The Morgan fingerprint density at radius 2 is 1.76 bits per heavy atom. The van der Waals surface area contributed by atoms with Crippen LogP contribution in [0.5, 0.6) is 0 Å². The van der Waals surface area contributed by atoms with Gasteiger partial charge in [-0.15, -0.1) is 0 Å². The first kappa shape index (κ1) is 14.6. The molecule has 6 heteroatoms. The minimum Gasteiger partial charge on any atom is -0.298 e. The molecule has 2 aromatic rings. The summed E-state index contributed by atoms with van der Waals surface area (Å²) >= 11 is 0. The van der Waals surface area contributed by atoms with Crippen molar-refractivity contribution in [2.24, 2.45) is 0 Å². The number of carbonyl (C=O) groups excluding carboxylic acids is 1. The van der Waals surface area contributed by atoms with Crippen molar-refractivity contribution in [1.29, 1.82) is 5.26 Å². The van der Waals surface area contributed by atoms with Gasteiger partial charge >= 0.3 is 0 Å². The number of hydrogen-bond acceptors (Lipinski definition) is 5. The van der Waals surface area contributed by atoms with E-state index in [-0.39, 0.29) is 5.03 Å². The van der Waals surface area contributed by atoms with Crippen molar-refractivity contribution >= 4 is 22.2 Å². The lowest BCUT2D eigenvalue weighted by molar-refractivity contribution is 0.112. The Hall–Kier alpha value is -2.78. The molecule has 0 aliphatic rings. The molecule has 0 N–H and O–H groups in total. The molecule has 2 rings (SSSR count). The van der Waals surface area contributed by atoms with E-state index in [2.05, 4.69) is 4.98 Å². The lowest BCUT2D eigenvalue weighted by Gasteiger charge is -2.02. The van der Waals surface area contributed by atoms with Crippen LogP contribution in [0.2, 0.25) is 0 Å². The van der Waals surface area contributed by atoms with Gasteiger partial charge in [-0.1, -0.05) is 30.3 Å². The molecule has 0 atom stereocenters. The predicted molar refractivity (Wildman–Crippen MR) is 76.8 cm³/mol. The van der Waals surface area contributed by atoms with Crippen molar-refractivity contribution in [3.8, 4) is 6.07 Å². The summed E-state index contributed by atoms with van der Waals surface area (Å²) in [6.45, 7) is 0. The topological polar surface area (TPSA) is 87.9 Å². The molecule has 21 heavy (non-hydrogen) atoms. The van der Waals surface area contributed by atoms with E-state index in [0.29, 0.717) is 17.4 Å². The minimum atomic E-state index is -3.95. The van der Waals surface area contributed by atoms with E-state index in [1.807, 2.05) is 0 Å². The van der Waals surface area contributed by atoms with Crippen LogP contribution < -0.4 is 0 Å². The van der Waals surface area contributed by atoms with Crippen LogP contribution in [0.15, 0.2) is 58.6 Å². The number of allylic oxidation sites excluding steroid dienone is 1. The molecule has 1 heterocycles. The summed E-state index contributed by atoms with van der Waals surface area (Å²) in [5, 5.41) is 8.93. The van der Waals surface area contributed by atoms with Gasteiger partial charge < -0.3 is 0 Å². The smallest absolute Gasteiger partial charge is 0.233 e. The highest BCUT2D eigenvalue weighted by atomic mass is 32.2. The van der Waals surface area contributed by atoms with Gasteiger partial charge in [-0.2, -0.15) is 5.26 Å². The molecule has 0 saturated heterocycles. The van der Waals surface area contributed by atoms with Crippen molar-refractivity contribution in [3.05, 3.63) is 64.7 Å². The fourth-order valence-electron chi connectivity index (χ4n) is 1.61. The summed E-state index contributed by atoms with van der Waals surface area (Å²) in [7, 11) is -3.95. The van der Waals surface area contributed by atoms with E-state index in [0.717, 1.165) is 0 Å². The Bertz CT molecular complexity index is 817. The number of hydrogen-bond donors (Lipinski definition) is 0. The van der Waals surface area contributed by atoms with Crippen molar-refractivity contribution in [2.75, 3.05) is 0 Å². The molecule has 0 spiro atoms. The standard InChI is InChI=1S/C15H10N2O3S/c16-10-14(9-12-4-6-13(11-18)7-5-12)21(19,20)15-3-1-2-8-17-15/h1-9,11H/b14-9+. The fourth-order valence-corrected chi connectivity index (χ4v) is 2.70. The zero-order valence-corrected chi connectivity index (χ0v) is 11.6. The molecule has 0 amide bonds. The highest BCUT2D eigenvalue weighted by molar-refractivity contribution is 7.95. The summed E-state index contributed by atoms with van der Waals surface area (Å²) < 4.78 is 24.6. The van der Waals surface area contributed by atoms with Gasteiger partial charge in [0.1, 0.15) is 12.4 Å². The molecular weight excluding hydrogens is 288 g/mol. The summed E-state index contributed by atoms with van der Waals surface area (Å²) in [6, 6.07) is 12.4. The summed E-state index contributed by atoms with van der Waals surface area (Å²) in [4.78, 5) is 13.9. The second kappa shape index (κ2) is 6.11. The number of benzene rings is 1. The number of sulfone groups is 1. The number of nitrogens with zero attached hydrogens (tertiary/aromatic N) is 2. The minimum absolute atomic E-state index is 0.178. The third kappa shape index (κ3) is 3.22. The molecule has 0 aliphatic carbocycles. The summed E-state index contributed by atoms with van der Waals surface area (Å²) in [5.74, 6) is 0. The second-order valence-electron chi connectivity index (χ2n) is 4.08. The van der Waals surface area contributed by atoms with Gasteiger partial charge in [0.05, 0.1) is 0 Å². The SMILES string of the molecule is N#C/C(=C\c1ccc(C=O)cc1)S(=O)(=O)c1ccccn1. The van der Waals surface area contributed by atoms with Crippen LogP contribution in [0.3, 0.4) is 0 Å². The first-order chi connectivity index (χ1) is 10.1. The van der Waals surface area contributed by atoms with E-state index in [1.54, 1.807) is 36.4 Å². The van der Waals surface area contributed by atoms with Crippen molar-refractivity contribution in [3.63, 3.8) is 0 Å². The monoisotopic (exact) mass is 298 g/mol. The Kier molecular flexibility index (Phi) is 4.26. The summed E-state index contributed by atoms with van der Waals surface area (Å²) in [6.07, 6.45) is 3.28. The fraction of sp³-hybridized carbons (Fsp3) is 0. The molecule has 5 nitrogen and oxygen atoms in total. The van der Waals surface area contributed by atoms with Crippen LogP contribution in [-0.4, -0.2) is 19.7 Å². The van der Waals surface area contributed by atoms with Crippen LogP contribution in [0.1, 0.15) is 15.9 Å². The molecule has 0 bridgehead atoms. The van der Waals surface area contributed by atoms with E-state index in [4.69, 9.17) is 5.26 Å². The van der Waals surface area contributed by atoms with Gasteiger partial charge in [-0.3, -0.25) is 4.79 Å². The molecule has 1 aromatic carbocycles. The Balaban J connectivity index is 2.46. The Morgan fingerprint density at radius 3 is 2.29 bits per heavy atom. The molecule has 0 unspecified atom stereocenters. The highest BCUT2D eigenvalue weighted by Gasteiger charge is 2.21. The van der Waals surface area contributed by atoms with E-state index in [1.165, 1.54) is 24.4 Å². The average Bonchev–Trinajstić information content (AvgIpc) is 2.53. The molecular formula is C15H10N2O3S. The van der Waals surface area contributed by atoms with Crippen LogP contribution in [0.4, 0.5) is 0 Å². The Morgan fingerprint density at radius 1 is 1.10 bits per heavy atom. The second-order valence-corrected chi connectivity index (χ2v) is 5.94. The molecule has 0 aliphatic heterocycles. The summed E-state index contributed by atoms with van der Waals surface area (Å²) in [5.41, 5.74) is 0.981. The zero-order chi connectivity index (χ0) is 15.3. The van der Waals surface area contributed by atoms with Gasteiger partial charge in [0, 0.05) is 11.8 Å². The molecule has 104 valence electrons. The maximum absolute atomic E-state index is 12.3. The van der Waals surface area contributed by atoms with Gasteiger partial charge in [0.15, 0.2) is 9.93 Å². The van der Waals surface area contributed by atoms with Gasteiger partial charge in [-0.05, 0) is 23.8 Å². The number of carbonyl (C=O) groups is 1. The number of nitriles is 1. The first-order valence-corrected chi connectivity index (χ1v) is 7.39. The third-order valence-corrected chi connectivity index (χ3v) is 4.26. The maximum Gasteiger partial charge on any atom is 0.233 e. The first-order valence-electron chi connectivity index (χ1n) is 5.91. The third-order valence-electron chi connectivity index (χ3n) is 2.68. The number of pyridine rings is 1. The lowest BCUT2D eigenvalue weighted by atomic mass is 10.1. The van der Waals surface area contributed by atoms with Crippen LogP contribution in [0, 0.1) is 11.3 Å². The van der Waals surface area contributed by atoms with E-state index in [9.17, 15) is 13.2 Å². The number of aromatic nitrogens is 1. The highest BCUT2D eigenvalue weighted by Crippen LogP contribution is 2.19. The molecule has 0 saturated carbocycles.